The molecule has 8 nitrogen and oxygen atoms in total. The van der Waals surface area contributed by atoms with E-state index < -0.39 is 0 Å². The van der Waals surface area contributed by atoms with Gasteiger partial charge in [-0.25, -0.2) is 9.97 Å². The SMILES string of the molecule is Cc1c(C#N)c2nc(C(C)C)cn2c2nc(Nc3ccc(N4CCNCC4)cc3)ncc12. The van der Waals surface area contributed by atoms with E-state index in [1.165, 1.54) is 5.69 Å². The summed E-state index contributed by atoms with van der Waals surface area (Å²) in [5.41, 5.74) is 5.89. The third-order valence-electron chi connectivity index (χ3n) is 6.03. The summed E-state index contributed by atoms with van der Waals surface area (Å²) in [6, 6.07) is 10.7. The van der Waals surface area contributed by atoms with Gasteiger partial charge in [0.1, 0.15) is 6.07 Å². The average molecular weight is 427 g/mol. The van der Waals surface area contributed by atoms with E-state index in [2.05, 4.69) is 64.7 Å². The van der Waals surface area contributed by atoms with E-state index in [9.17, 15) is 5.26 Å². The molecule has 5 rings (SSSR count). The maximum atomic E-state index is 9.73. The molecule has 4 aromatic rings. The van der Waals surface area contributed by atoms with Crippen molar-refractivity contribution < 1.29 is 0 Å². The summed E-state index contributed by atoms with van der Waals surface area (Å²) in [5, 5.41) is 17.3. The van der Waals surface area contributed by atoms with Crippen LogP contribution in [0.4, 0.5) is 17.3 Å². The van der Waals surface area contributed by atoms with Crippen LogP contribution in [0, 0.1) is 18.3 Å². The molecule has 2 N–H and O–H groups in total. The van der Waals surface area contributed by atoms with Crippen LogP contribution in [0.3, 0.4) is 0 Å². The summed E-state index contributed by atoms with van der Waals surface area (Å²) in [6.07, 6.45) is 3.76. The molecule has 1 saturated heterocycles. The molecule has 0 bridgehead atoms. The molecule has 0 radical (unpaired) electrons. The highest BCUT2D eigenvalue weighted by Crippen LogP contribution is 2.28. The van der Waals surface area contributed by atoms with Gasteiger partial charge in [0.05, 0.1) is 11.3 Å². The van der Waals surface area contributed by atoms with Crippen LogP contribution in [0.15, 0.2) is 36.7 Å². The number of anilines is 3. The number of nitriles is 1. The minimum absolute atomic E-state index is 0.255. The lowest BCUT2D eigenvalue weighted by molar-refractivity contribution is 0.589. The highest BCUT2D eigenvalue weighted by atomic mass is 15.2. The quantitative estimate of drug-likeness (QED) is 0.513. The van der Waals surface area contributed by atoms with Crippen LogP contribution < -0.4 is 15.5 Å². The molecule has 1 aromatic carbocycles. The van der Waals surface area contributed by atoms with Crippen molar-refractivity contribution in [3.63, 3.8) is 0 Å². The normalized spacial score (nSPS) is 14.3. The van der Waals surface area contributed by atoms with E-state index >= 15 is 0 Å². The molecule has 1 fully saturated rings. The van der Waals surface area contributed by atoms with Gasteiger partial charge in [0, 0.05) is 55.3 Å². The molecule has 8 heteroatoms. The Bertz CT molecular complexity index is 1320. The Morgan fingerprint density at radius 1 is 1.09 bits per heavy atom. The maximum absolute atomic E-state index is 9.73. The van der Waals surface area contributed by atoms with Gasteiger partial charge in [-0.15, -0.1) is 0 Å². The minimum atomic E-state index is 0.255. The number of fused-ring (bicyclic) bond motifs is 3. The third-order valence-corrected chi connectivity index (χ3v) is 6.03. The number of imidazole rings is 1. The molecule has 0 atom stereocenters. The monoisotopic (exact) mass is 426 g/mol. The number of nitrogens with one attached hydrogen (secondary N) is 2. The van der Waals surface area contributed by atoms with Crippen molar-refractivity contribution in [1.29, 1.82) is 5.26 Å². The molecule has 0 unspecified atom stereocenters. The summed E-state index contributed by atoms with van der Waals surface area (Å²) >= 11 is 0. The van der Waals surface area contributed by atoms with Crippen LogP contribution in [0.1, 0.15) is 36.6 Å². The zero-order chi connectivity index (χ0) is 22.2. The second-order valence-electron chi connectivity index (χ2n) is 8.47. The Hall–Kier alpha value is -3.70. The van der Waals surface area contributed by atoms with E-state index in [1.807, 2.05) is 17.5 Å². The predicted octanol–water partition coefficient (Wildman–Crippen LogP) is 3.73. The van der Waals surface area contributed by atoms with Gasteiger partial charge in [0.2, 0.25) is 5.95 Å². The summed E-state index contributed by atoms with van der Waals surface area (Å²) in [4.78, 5) is 16.4. The molecule has 0 saturated carbocycles. The molecule has 1 aliphatic heterocycles. The average Bonchev–Trinajstić information content (AvgIpc) is 3.26. The summed E-state index contributed by atoms with van der Waals surface area (Å²) in [5.74, 6) is 0.767. The van der Waals surface area contributed by atoms with Gasteiger partial charge in [-0.3, -0.25) is 4.40 Å². The van der Waals surface area contributed by atoms with E-state index in [-0.39, 0.29) is 5.92 Å². The first kappa shape index (κ1) is 20.2. The van der Waals surface area contributed by atoms with Crippen molar-refractivity contribution in [3.8, 4) is 6.07 Å². The second-order valence-corrected chi connectivity index (χ2v) is 8.47. The van der Waals surface area contributed by atoms with Gasteiger partial charge in [0.25, 0.3) is 0 Å². The van der Waals surface area contributed by atoms with Crippen LogP contribution in [0.25, 0.3) is 16.7 Å². The smallest absolute Gasteiger partial charge is 0.229 e. The largest absolute Gasteiger partial charge is 0.369 e. The Morgan fingerprint density at radius 2 is 1.84 bits per heavy atom. The fraction of sp³-hybridized carbons (Fsp3) is 0.333. The number of benzene rings is 1. The van der Waals surface area contributed by atoms with Crippen LogP contribution in [-0.2, 0) is 0 Å². The second kappa shape index (κ2) is 8.09. The summed E-state index contributed by atoms with van der Waals surface area (Å²) < 4.78 is 1.91. The van der Waals surface area contributed by atoms with Crippen LogP contribution in [-0.4, -0.2) is 45.5 Å². The molecule has 0 aliphatic carbocycles. The van der Waals surface area contributed by atoms with E-state index in [0.29, 0.717) is 17.2 Å². The van der Waals surface area contributed by atoms with E-state index in [0.717, 1.165) is 54.2 Å². The first-order chi connectivity index (χ1) is 15.5. The Morgan fingerprint density at radius 3 is 2.53 bits per heavy atom. The number of hydrogen-bond donors (Lipinski definition) is 2. The Balaban J connectivity index is 1.51. The highest BCUT2D eigenvalue weighted by molar-refractivity contribution is 5.86. The summed E-state index contributed by atoms with van der Waals surface area (Å²) in [6.45, 7) is 10.2. The summed E-state index contributed by atoms with van der Waals surface area (Å²) in [7, 11) is 0. The van der Waals surface area contributed by atoms with Gasteiger partial charge in [0.15, 0.2) is 11.3 Å². The standard InChI is InChI=1S/C24H26N8/c1-15(2)21-14-32-22(29-21)19(12-25)16(3)20-13-27-24(30-23(20)32)28-17-4-6-18(7-5-17)31-10-8-26-9-11-31/h4-7,13-15,26H,8-11H2,1-3H3,(H,27,28,30). The molecule has 4 heterocycles. The number of piperazine rings is 1. The maximum Gasteiger partial charge on any atom is 0.229 e. The number of aryl methyl sites for hydroxylation is 1. The lowest BCUT2D eigenvalue weighted by Crippen LogP contribution is -2.43. The fourth-order valence-corrected chi connectivity index (χ4v) is 4.14. The Kier molecular flexibility index (Phi) is 5.11. The van der Waals surface area contributed by atoms with Gasteiger partial charge >= 0.3 is 0 Å². The van der Waals surface area contributed by atoms with Crippen molar-refractivity contribution in [2.75, 3.05) is 36.4 Å². The van der Waals surface area contributed by atoms with Crippen molar-refractivity contribution in [1.82, 2.24) is 24.7 Å². The van der Waals surface area contributed by atoms with E-state index in [1.54, 1.807) is 6.20 Å². The number of pyridine rings is 1. The van der Waals surface area contributed by atoms with Gasteiger partial charge in [-0.2, -0.15) is 10.2 Å². The van der Waals surface area contributed by atoms with Gasteiger partial charge < -0.3 is 15.5 Å². The molecular formula is C24H26N8. The molecular weight excluding hydrogens is 400 g/mol. The Labute approximate surface area is 186 Å². The van der Waals surface area contributed by atoms with Crippen molar-refractivity contribution in [3.05, 3.63) is 53.5 Å². The first-order valence-electron chi connectivity index (χ1n) is 11.0. The molecule has 0 amide bonds. The minimum Gasteiger partial charge on any atom is -0.369 e. The lowest BCUT2D eigenvalue weighted by Gasteiger charge is -2.29. The van der Waals surface area contributed by atoms with Crippen LogP contribution >= 0.6 is 0 Å². The first-order valence-corrected chi connectivity index (χ1v) is 11.0. The molecule has 162 valence electrons. The molecule has 1 aliphatic rings. The molecule has 0 spiro atoms. The van der Waals surface area contributed by atoms with Crippen molar-refractivity contribution in [2.45, 2.75) is 26.7 Å². The number of rotatable bonds is 4. The van der Waals surface area contributed by atoms with E-state index in [4.69, 9.17) is 9.97 Å². The lowest BCUT2D eigenvalue weighted by atomic mass is 10.1. The number of nitrogens with zero attached hydrogens (tertiary/aromatic N) is 6. The molecule has 32 heavy (non-hydrogen) atoms. The van der Waals surface area contributed by atoms with Crippen LogP contribution in [0.5, 0.6) is 0 Å². The predicted molar refractivity (Wildman–Crippen MR) is 127 cm³/mol. The number of aromatic nitrogens is 4. The third kappa shape index (κ3) is 3.51. The number of hydrogen-bond acceptors (Lipinski definition) is 7. The zero-order valence-corrected chi connectivity index (χ0v) is 18.6. The highest BCUT2D eigenvalue weighted by Gasteiger charge is 2.18. The molecule has 3 aromatic heterocycles. The van der Waals surface area contributed by atoms with Gasteiger partial charge in [-0.05, 0) is 42.7 Å². The zero-order valence-electron chi connectivity index (χ0n) is 18.6. The van der Waals surface area contributed by atoms with Gasteiger partial charge in [-0.1, -0.05) is 13.8 Å². The van der Waals surface area contributed by atoms with Crippen molar-refractivity contribution in [2.24, 2.45) is 0 Å². The topological polar surface area (TPSA) is 94.2 Å². The fourth-order valence-electron chi connectivity index (χ4n) is 4.14. The van der Waals surface area contributed by atoms with Crippen molar-refractivity contribution >= 4 is 34.0 Å². The van der Waals surface area contributed by atoms with Crippen LogP contribution in [0.2, 0.25) is 0 Å².